The van der Waals surface area contributed by atoms with E-state index < -0.39 is 0 Å². The first-order chi connectivity index (χ1) is 13.7. The molecule has 6 heteroatoms. The molecule has 3 N–H and O–H groups in total. The highest BCUT2D eigenvalue weighted by molar-refractivity contribution is 5.76. The second kappa shape index (κ2) is 8.44. The Hall–Kier alpha value is -2.86. The van der Waals surface area contributed by atoms with Gasteiger partial charge in [-0.05, 0) is 48.4 Å². The van der Waals surface area contributed by atoms with Gasteiger partial charge < -0.3 is 20.3 Å². The Morgan fingerprint density at radius 1 is 1.18 bits per heavy atom. The van der Waals surface area contributed by atoms with Crippen molar-refractivity contribution in [3.63, 3.8) is 0 Å². The van der Waals surface area contributed by atoms with Crippen LogP contribution in [0.15, 0.2) is 54.9 Å². The van der Waals surface area contributed by atoms with E-state index in [0.717, 1.165) is 35.0 Å². The van der Waals surface area contributed by atoms with Crippen molar-refractivity contribution >= 4 is 17.1 Å². The number of hydrogen-bond donors (Lipinski definition) is 3. The smallest absolute Gasteiger partial charge is 0.317 e. The average molecular weight is 378 g/mol. The number of rotatable bonds is 5. The van der Waals surface area contributed by atoms with Gasteiger partial charge in [0.2, 0.25) is 0 Å². The number of nitrogens with zero attached hydrogens (tertiary/aromatic N) is 2. The summed E-state index contributed by atoms with van der Waals surface area (Å²) in [5.41, 5.74) is 4.09. The lowest BCUT2D eigenvalue weighted by Gasteiger charge is -2.34. The number of hydrogen-bond acceptors (Lipinski definition) is 3. The Morgan fingerprint density at radius 3 is 2.75 bits per heavy atom. The molecule has 2 aromatic carbocycles. The van der Waals surface area contributed by atoms with Crippen molar-refractivity contribution in [2.75, 3.05) is 13.1 Å². The zero-order valence-corrected chi connectivity index (χ0v) is 15.8. The minimum Gasteiger partial charge on any atom is -0.392 e. The molecule has 0 bridgehead atoms. The predicted molar refractivity (Wildman–Crippen MR) is 109 cm³/mol. The number of aromatic amines is 1. The molecule has 4 rings (SSSR count). The molecule has 1 fully saturated rings. The zero-order chi connectivity index (χ0) is 19.3. The number of imidazole rings is 1. The lowest BCUT2D eigenvalue weighted by molar-refractivity contribution is 0.0671. The fraction of sp³-hybridized carbons (Fsp3) is 0.364. The second-order valence-corrected chi connectivity index (χ2v) is 7.49. The molecule has 2 amide bonds. The van der Waals surface area contributed by atoms with Crippen molar-refractivity contribution in [1.29, 1.82) is 0 Å². The number of benzene rings is 2. The van der Waals surface area contributed by atoms with Gasteiger partial charge >= 0.3 is 6.03 Å². The number of aliphatic hydroxyl groups is 1. The third kappa shape index (κ3) is 4.34. The van der Waals surface area contributed by atoms with Crippen LogP contribution < -0.4 is 5.32 Å². The SMILES string of the molecule is O=C(NCc1ccc2nc[nH]c2c1)N1CCC(C(O)Cc2ccccc2)CC1. The molecule has 1 saturated heterocycles. The molecule has 0 radical (unpaired) electrons. The molecule has 146 valence electrons. The van der Waals surface area contributed by atoms with E-state index in [2.05, 4.69) is 15.3 Å². The van der Waals surface area contributed by atoms with Crippen LogP contribution in [-0.2, 0) is 13.0 Å². The summed E-state index contributed by atoms with van der Waals surface area (Å²) in [7, 11) is 0. The van der Waals surface area contributed by atoms with Crippen molar-refractivity contribution in [3.8, 4) is 0 Å². The summed E-state index contributed by atoms with van der Waals surface area (Å²) in [6.07, 6.45) is 3.66. The first kappa shape index (κ1) is 18.5. The molecule has 1 unspecified atom stereocenters. The van der Waals surface area contributed by atoms with Gasteiger partial charge in [0.05, 0.1) is 23.5 Å². The predicted octanol–water partition coefficient (Wildman–Crippen LogP) is 3.09. The van der Waals surface area contributed by atoms with Gasteiger partial charge in [0.15, 0.2) is 0 Å². The van der Waals surface area contributed by atoms with E-state index in [9.17, 15) is 9.90 Å². The second-order valence-electron chi connectivity index (χ2n) is 7.49. The van der Waals surface area contributed by atoms with Crippen molar-refractivity contribution in [3.05, 3.63) is 66.0 Å². The van der Waals surface area contributed by atoms with E-state index in [4.69, 9.17) is 0 Å². The third-order valence-electron chi connectivity index (χ3n) is 5.59. The number of H-pyrrole nitrogens is 1. The number of urea groups is 1. The first-order valence-electron chi connectivity index (χ1n) is 9.86. The molecule has 1 aliphatic heterocycles. The van der Waals surface area contributed by atoms with Crippen LogP contribution >= 0.6 is 0 Å². The van der Waals surface area contributed by atoms with Gasteiger partial charge in [-0.3, -0.25) is 0 Å². The largest absolute Gasteiger partial charge is 0.392 e. The topological polar surface area (TPSA) is 81.2 Å². The van der Waals surface area contributed by atoms with E-state index in [-0.39, 0.29) is 18.1 Å². The number of aliphatic hydroxyl groups excluding tert-OH is 1. The van der Waals surface area contributed by atoms with Crippen LogP contribution in [0.1, 0.15) is 24.0 Å². The average Bonchev–Trinajstić information content (AvgIpc) is 3.21. The molecule has 0 aliphatic carbocycles. The Morgan fingerprint density at radius 2 is 1.96 bits per heavy atom. The van der Waals surface area contributed by atoms with Crippen molar-refractivity contribution in [2.24, 2.45) is 5.92 Å². The highest BCUT2D eigenvalue weighted by Gasteiger charge is 2.27. The van der Waals surface area contributed by atoms with Crippen LogP contribution in [0.5, 0.6) is 0 Å². The fourth-order valence-electron chi connectivity index (χ4n) is 3.89. The van der Waals surface area contributed by atoms with E-state index in [0.29, 0.717) is 26.1 Å². The lowest BCUT2D eigenvalue weighted by Crippen LogP contribution is -2.46. The van der Waals surface area contributed by atoms with Gasteiger partial charge in [0.25, 0.3) is 0 Å². The fourth-order valence-corrected chi connectivity index (χ4v) is 3.89. The number of nitrogens with one attached hydrogen (secondary N) is 2. The van der Waals surface area contributed by atoms with Gasteiger partial charge in [-0.15, -0.1) is 0 Å². The van der Waals surface area contributed by atoms with E-state index in [1.165, 1.54) is 0 Å². The molecule has 3 aromatic rings. The van der Waals surface area contributed by atoms with Gasteiger partial charge in [0, 0.05) is 19.6 Å². The van der Waals surface area contributed by atoms with Crippen LogP contribution in [0.4, 0.5) is 4.79 Å². The minimum absolute atomic E-state index is 0.0410. The first-order valence-corrected chi connectivity index (χ1v) is 9.86. The Bertz CT molecular complexity index is 916. The van der Waals surface area contributed by atoms with Crippen molar-refractivity contribution in [1.82, 2.24) is 20.2 Å². The molecule has 1 atom stereocenters. The van der Waals surface area contributed by atoms with Gasteiger partial charge in [-0.1, -0.05) is 36.4 Å². The summed E-state index contributed by atoms with van der Waals surface area (Å²) >= 11 is 0. The maximum atomic E-state index is 12.5. The normalized spacial score (nSPS) is 16.2. The van der Waals surface area contributed by atoms with E-state index in [1.54, 1.807) is 6.33 Å². The maximum absolute atomic E-state index is 12.5. The van der Waals surface area contributed by atoms with Crippen molar-refractivity contribution < 1.29 is 9.90 Å². The highest BCUT2D eigenvalue weighted by atomic mass is 16.3. The molecule has 1 aliphatic rings. The summed E-state index contributed by atoms with van der Waals surface area (Å²) in [6, 6.07) is 16.0. The Kier molecular flexibility index (Phi) is 5.58. The number of amides is 2. The molecule has 28 heavy (non-hydrogen) atoms. The monoisotopic (exact) mass is 378 g/mol. The van der Waals surface area contributed by atoms with Gasteiger partial charge in [-0.2, -0.15) is 0 Å². The summed E-state index contributed by atoms with van der Waals surface area (Å²) < 4.78 is 0. The van der Waals surface area contributed by atoms with Gasteiger partial charge in [0.1, 0.15) is 0 Å². The summed E-state index contributed by atoms with van der Waals surface area (Å²) in [5, 5.41) is 13.5. The standard InChI is InChI=1S/C22H26N4O2/c27-21(13-16-4-2-1-3-5-16)18-8-10-26(11-9-18)22(28)23-14-17-6-7-19-20(12-17)25-15-24-19/h1-7,12,15,18,21,27H,8-11,13-14H2,(H,23,28)(H,24,25). The van der Waals surface area contributed by atoms with Crippen LogP contribution in [0.3, 0.4) is 0 Å². The van der Waals surface area contributed by atoms with Crippen LogP contribution in [0.25, 0.3) is 11.0 Å². The summed E-state index contributed by atoms with van der Waals surface area (Å²) in [5.74, 6) is 0.243. The number of aromatic nitrogens is 2. The lowest BCUT2D eigenvalue weighted by atomic mass is 9.88. The Labute approximate surface area is 164 Å². The number of fused-ring (bicyclic) bond motifs is 1. The van der Waals surface area contributed by atoms with Crippen LogP contribution in [-0.4, -0.2) is 45.2 Å². The molecule has 1 aromatic heterocycles. The number of piperidine rings is 1. The molecular weight excluding hydrogens is 352 g/mol. The minimum atomic E-state index is -0.353. The van der Waals surface area contributed by atoms with Crippen molar-refractivity contribution in [2.45, 2.75) is 31.9 Å². The van der Waals surface area contributed by atoms with Crippen LogP contribution in [0.2, 0.25) is 0 Å². The highest BCUT2D eigenvalue weighted by Crippen LogP contribution is 2.23. The van der Waals surface area contributed by atoms with E-state index in [1.807, 2.05) is 53.4 Å². The zero-order valence-electron chi connectivity index (χ0n) is 15.8. The quantitative estimate of drug-likeness (QED) is 0.638. The Balaban J connectivity index is 1.24. The van der Waals surface area contributed by atoms with E-state index >= 15 is 0 Å². The summed E-state index contributed by atoms with van der Waals surface area (Å²) in [6.45, 7) is 1.86. The molecule has 0 saturated carbocycles. The summed E-state index contributed by atoms with van der Waals surface area (Å²) in [4.78, 5) is 21.6. The van der Waals surface area contributed by atoms with Crippen LogP contribution in [0, 0.1) is 5.92 Å². The molecule has 6 nitrogen and oxygen atoms in total. The number of carbonyl (C=O) groups excluding carboxylic acids is 1. The third-order valence-corrected chi connectivity index (χ3v) is 5.59. The molecular formula is C22H26N4O2. The number of likely N-dealkylation sites (tertiary alicyclic amines) is 1. The molecule has 2 heterocycles. The molecule has 0 spiro atoms. The maximum Gasteiger partial charge on any atom is 0.317 e. The van der Waals surface area contributed by atoms with Gasteiger partial charge in [-0.25, -0.2) is 9.78 Å². The number of carbonyl (C=O) groups is 1.